The number of ether oxygens (including phenoxy) is 1. The standard InChI is InChI=1S/C16H13ClFNO3/c1-19(14-7-5-13(18)6-8-14)15(20)10-22-16(21)11-3-2-4-12(17)9-11/h2-9H,10H2,1H3. The number of rotatable bonds is 4. The zero-order chi connectivity index (χ0) is 16.1. The Morgan fingerprint density at radius 3 is 2.50 bits per heavy atom. The number of likely N-dealkylation sites (N-methyl/N-ethyl adjacent to an activating group) is 1. The van der Waals surface area contributed by atoms with E-state index in [4.69, 9.17) is 16.3 Å². The molecule has 0 aliphatic heterocycles. The predicted octanol–water partition coefficient (Wildman–Crippen LogP) is 3.30. The Kier molecular flexibility index (Phi) is 5.12. The Bertz CT molecular complexity index is 688. The van der Waals surface area contributed by atoms with Crippen molar-refractivity contribution in [1.29, 1.82) is 0 Å². The van der Waals surface area contributed by atoms with Gasteiger partial charge in [-0.05, 0) is 42.5 Å². The van der Waals surface area contributed by atoms with Crippen LogP contribution < -0.4 is 4.90 Å². The molecule has 1 amide bonds. The van der Waals surface area contributed by atoms with Crippen LogP contribution in [0.4, 0.5) is 10.1 Å². The lowest BCUT2D eigenvalue weighted by Gasteiger charge is -2.17. The number of benzene rings is 2. The molecule has 22 heavy (non-hydrogen) atoms. The van der Waals surface area contributed by atoms with Gasteiger partial charge in [0.2, 0.25) is 0 Å². The lowest BCUT2D eigenvalue weighted by Crippen LogP contribution is -2.31. The van der Waals surface area contributed by atoms with E-state index in [2.05, 4.69) is 0 Å². The summed E-state index contributed by atoms with van der Waals surface area (Å²) in [7, 11) is 1.52. The van der Waals surface area contributed by atoms with Gasteiger partial charge in [-0.2, -0.15) is 0 Å². The average Bonchev–Trinajstić information content (AvgIpc) is 2.52. The number of hydrogen-bond acceptors (Lipinski definition) is 3. The molecule has 0 N–H and O–H groups in total. The van der Waals surface area contributed by atoms with Gasteiger partial charge in [0.1, 0.15) is 5.82 Å². The molecule has 4 nitrogen and oxygen atoms in total. The monoisotopic (exact) mass is 321 g/mol. The molecule has 0 heterocycles. The summed E-state index contributed by atoms with van der Waals surface area (Å²) in [4.78, 5) is 25.0. The van der Waals surface area contributed by atoms with E-state index in [-0.39, 0.29) is 5.56 Å². The summed E-state index contributed by atoms with van der Waals surface area (Å²) in [5, 5.41) is 0.407. The van der Waals surface area contributed by atoms with Crippen LogP contribution in [0.15, 0.2) is 48.5 Å². The Hall–Kier alpha value is -2.40. The third-order valence-corrected chi connectivity index (χ3v) is 3.21. The number of anilines is 1. The highest BCUT2D eigenvalue weighted by molar-refractivity contribution is 6.30. The van der Waals surface area contributed by atoms with Crippen LogP contribution in [0.2, 0.25) is 5.02 Å². The minimum atomic E-state index is -0.636. The maximum atomic E-state index is 12.8. The molecule has 0 atom stereocenters. The van der Waals surface area contributed by atoms with Gasteiger partial charge < -0.3 is 9.64 Å². The summed E-state index contributed by atoms with van der Waals surface area (Å²) in [6.45, 7) is -0.417. The fraction of sp³-hybridized carbons (Fsp3) is 0.125. The molecule has 0 aliphatic carbocycles. The van der Waals surface area contributed by atoms with Crippen molar-refractivity contribution < 1.29 is 18.7 Å². The number of halogens is 2. The summed E-state index contributed by atoms with van der Waals surface area (Å²) in [6.07, 6.45) is 0. The second-order valence-corrected chi connectivity index (χ2v) is 4.95. The highest BCUT2D eigenvalue weighted by Gasteiger charge is 2.15. The third kappa shape index (κ3) is 4.05. The van der Waals surface area contributed by atoms with Crippen LogP contribution in [0.5, 0.6) is 0 Å². The van der Waals surface area contributed by atoms with E-state index in [1.807, 2.05) is 0 Å². The van der Waals surface area contributed by atoms with E-state index >= 15 is 0 Å². The second-order valence-electron chi connectivity index (χ2n) is 4.52. The van der Waals surface area contributed by atoms with Crippen LogP contribution in [-0.2, 0) is 9.53 Å². The molecular formula is C16H13ClFNO3. The molecule has 0 radical (unpaired) electrons. The number of carbonyl (C=O) groups excluding carboxylic acids is 2. The molecule has 0 aromatic heterocycles. The van der Waals surface area contributed by atoms with Gasteiger partial charge in [0, 0.05) is 17.8 Å². The van der Waals surface area contributed by atoms with Gasteiger partial charge in [0.05, 0.1) is 5.56 Å². The van der Waals surface area contributed by atoms with Crippen molar-refractivity contribution in [3.63, 3.8) is 0 Å². The van der Waals surface area contributed by atoms with Crippen molar-refractivity contribution in [2.24, 2.45) is 0 Å². The maximum absolute atomic E-state index is 12.8. The first kappa shape index (κ1) is 16.0. The van der Waals surface area contributed by atoms with E-state index < -0.39 is 24.3 Å². The van der Waals surface area contributed by atoms with Crippen molar-refractivity contribution in [2.75, 3.05) is 18.6 Å². The fourth-order valence-corrected chi connectivity index (χ4v) is 1.92. The molecule has 0 spiro atoms. The van der Waals surface area contributed by atoms with E-state index in [1.165, 1.54) is 42.3 Å². The quantitative estimate of drug-likeness (QED) is 0.812. The van der Waals surface area contributed by atoms with E-state index in [1.54, 1.807) is 18.2 Å². The van der Waals surface area contributed by atoms with Gasteiger partial charge in [-0.3, -0.25) is 4.79 Å². The first-order valence-electron chi connectivity index (χ1n) is 6.42. The number of esters is 1. The van der Waals surface area contributed by atoms with Crippen molar-refractivity contribution in [1.82, 2.24) is 0 Å². The summed E-state index contributed by atoms with van der Waals surface area (Å²) >= 11 is 5.78. The Labute approximate surface area is 132 Å². The first-order chi connectivity index (χ1) is 10.5. The first-order valence-corrected chi connectivity index (χ1v) is 6.80. The SMILES string of the molecule is CN(C(=O)COC(=O)c1cccc(Cl)c1)c1ccc(F)cc1. The molecule has 2 aromatic carbocycles. The Balaban J connectivity index is 1.94. The zero-order valence-corrected chi connectivity index (χ0v) is 12.5. The van der Waals surface area contributed by atoms with Crippen LogP contribution in [0.3, 0.4) is 0 Å². The molecule has 0 fully saturated rings. The third-order valence-electron chi connectivity index (χ3n) is 2.98. The summed E-state index contributed by atoms with van der Waals surface area (Å²) in [5.41, 5.74) is 0.773. The topological polar surface area (TPSA) is 46.6 Å². The average molecular weight is 322 g/mol. The molecule has 0 saturated heterocycles. The highest BCUT2D eigenvalue weighted by atomic mass is 35.5. The molecule has 114 valence electrons. The van der Waals surface area contributed by atoms with E-state index in [0.29, 0.717) is 10.7 Å². The van der Waals surface area contributed by atoms with Gasteiger partial charge in [0.15, 0.2) is 6.61 Å². The zero-order valence-electron chi connectivity index (χ0n) is 11.8. The van der Waals surface area contributed by atoms with Gasteiger partial charge in [-0.15, -0.1) is 0 Å². The van der Waals surface area contributed by atoms with Gasteiger partial charge in [-0.25, -0.2) is 9.18 Å². The van der Waals surface area contributed by atoms with Crippen molar-refractivity contribution in [2.45, 2.75) is 0 Å². The van der Waals surface area contributed by atoms with Crippen molar-refractivity contribution in [3.8, 4) is 0 Å². The van der Waals surface area contributed by atoms with Crippen LogP contribution >= 0.6 is 11.6 Å². The Morgan fingerprint density at radius 1 is 1.18 bits per heavy atom. The number of nitrogens with zero attached hydrogens (tertiary/aromatic N) is 1. The van der Waals surface area contributed by atoms with Crippen LogP contribution in [0.1, 0.15) is 10.4 Å². The van der Waals surface area contributed by atoms with E-state index in [0.717, 1.165) is 0 Å². The summed E-state index contributed by atoms with van der Waals surface area (Å²) in [6, 6.07) is 11.7. The molecule has 0 aliphatic rings. The molecule has 0 bridgehead atoms. The van der Waals surface area contributed by atoms with Crippen LogP contribution in [-0.4, -0.2) is 25.5 Å². The Morgan fingerprint density at radius 2 is 1.86 bits per heavy atom. The lowest BCUT2D eigenvalue weighted by molar-refractivity contribution is -0.121. The molecule has 2 aromatic rings. The number of amides is 1. The van der Waals surface area contributed by atoms with Gasteiger partial charge in [0.25, 0.3) is 5.91 Å². The smallest absolute Gasteiger partial charge is 0.338 e. The van der Waals surface area contributed by atoms with Gasteiger partial charge >= 0.3 is 5.97 Å². The lowest BCUT2D eigenvalue weighted by atomic mass is 10.2. The maximum Gasteiger partial charge on any atom is 0.338 e. The van der Waals surface area contributed by atoms with E-state index in [9.17, 15) is 14.0 Å². The minimum absolute atomic E-state index is 0.268. The molecule has 2 rings (SSSR count). The fourth-order valence-electron chi connectivity index (χ4n) is 1.73. The molecule has 0 unspecified atom stereocenters. The van der Waals surface area contributed by atoms with Crippen molar-refractivity contribution in [3.05, 3.63) is 64.9 Å². The predicted molar refractivity (Wildman–Crippen MR) is 81.5 cm³/mol. The number of carbonyl (C=O) groups is 2. The largest absolute Gasteiger partial charge is 0.452 e. The highest BCUT2D eigenvalue weighted by Crippen LogP contribution is 2.14. The van der Waals surface area contributed by atoms with Gasteiger partial charge in [-0.1, -0.05) is 17.7 Å². The van der Waals surface area contributed by atoms with Crippen LogP contribution in [0.25, 0.3) is 0 Å². The van der Waals surface area contributed by atoms with Crippen molar-refractivity contribution >= 4 is 29.2 Å². The molecule has 0 saturated carbocycles. The normalized spacial score (nSPS) is 10.1. The molecule has 6 heteroatoms. The summed E-state index contributed by atoms with van der Waals surface area (Å²) in [5.74, 6) is -1.46. The second kappa shape index (κ2) is 7.04. The van der Waals surface area contributed by atoms with Crippen LogP contribution in [0, 0.1) is 5.82 Å². The minimum Gasteiger partial charge on any atom is -0.452 e. The number of hydrogen-bond donors (Lipinski definition) is 0. The molecular weight excluding hydrogens is 309 g/mol. The summed E-state index contributed by atoms with van der Waals surface area (Å²) < 4.78 is 17.8.